The molecule has 0 saturated carbocycles. The van der Waals surface area contributed by atoms with Gasteiger partial charge in [-0.15, -0.1) is 0 Å². The Balaban J connectivity index is 1.67. The van der Waals surface area contributed by atoms with Gasteiger partial charge in [0.15, 0.2) is 0 Å². The molecular weight excluding hydrogens is 565 g/mol. The summed E-state index contributed by atoms with van der Waals surface area (Å²) in [5.41, 5.74) is -1.56. The van der Waals surface area contributed by atoms with Gasteiger partial charge < -0.3 is 20.2 Å². The highest BCUT2D eigenvalue weighted by Gasteiger charge is 2.32. The molecule has 0 unspecified atom stereocenters. The van der Waals surface area contributed by atoms with Crippen molar-refractivity contribution in [2.75, 3.05) is 31.6 Å². The van der Waals surface area contributed by atoms with Gasteiger partial charge in [-0.25, -0.2) is 4.39 Å². The molecule has 1 fully saturated rings. The average Bonchev–Trinajstić information content (AvgIpc) is 2.91. The summed E-state index contributed by atoms with van der Waals surface area (Å²) in [6.45, 7) is -0.0685. The van der Waals surface area contributed by atoms with E-state index >= 15 is 0 Å². The van der Waals surface area contributed by atoms with Gasteiger partial charge in [0.2, 0.25) is 0 Å². The van der Waals surface area contributed by atoms with Crippen molar-refractivity contribution >= 4 is 40.5 Å². The highest BCUT2D eigenvalue weighted by molar-refractivity contribution is 6.35. The number of amides is 1. The summed E-state index contributed by atoms with van der Waals surface area (Å²) in [5.74, 6) is -0.800. The molecule has 13 heteroatoms. The number of pyridine rings is 1. The molecule has 2 heterocycles. The van der Waals surface area contributed by atoms with Gasteiger partial charge >= 0.3 is 11.7 Å². The number of alkyl halides is 3. The number of rotatable bonds is 7. The van der Waals surface area contributed by atoms with E-state index < -0.39 is 34.8 Å². The maximum atomic E-state index is 13.6. The van der Waals surface area contributed by atoms with Gasteiger partial charge in [0.1, 0.15) is 17.4 Å². The van der Waals surface area contributed by atoms with Crippen molar-refractivity contribution in [2.24, 2.45) is 0 Å². The average molecular weight is 588 g/mol. The Morgan fingerprint density at radius 2 is 1.77 bits per heavy atom. The zero-order valence-electron chi connectivity index (χ0n) is 20.3. The lowest BCUT2D eigenvalue weighted by atomic mass is 9.89. The molecule has 0 bridgehead atoms. The summed E-state index contributed by atoms with van der Waals surface area (Å²) in [7, 11) is 0. The third-order valence-corrected chi connectivity index (χ3v) is 7.03. The Kier molecular flexibility index (Phi) is 8.73. The number of nitrogens with one attached hydrogen (secondary N) is 1. The number of aliphatic hydroxyl groups is 1. The maximum absolute atomic E-state index is 13.6. The fourth-order valence-corrected chi connectivity index (χ4v) is 4.73. The quantitative estimate of drug-likeness (QED) is 0.357. The normalized spacial score (nSPS) is 14.4. The fraction of sp³-hybridized carbons (Fsp3) is 0.308. The molecule has 1 aromatic heterocycles. The van der Waals surface area contributed by atoms with Crippen LogP contribution >= 0.6 is 23.2 Å². The summed E-state index contributed by atoms with van der Waals surface area (Å²) in [6.07, 6.45) is -2.44. The molecule has 1 saturated heterocycles. The lowest BCUT2D eigenvalue weighted by molar-refractivity contribution is -0.137. The van der Waals surface area contributed by atoms with Crippen molar-refractivity contribution in [3.63, 3.8) is 0 Å². The molecule has 0 spiro atoms. The van der Waals surface area contributed by atoms with Crippen molar-refractivity contribution in [3.05, 3.63) is 91.6 Å². The number of carbonyl (C=O) groups excluding carboxylic acids is 1. The van der Waals surface area contributed by atoms with Crippen molar-refractivity contribution in [1.29, 1.82) is 0 Å². The van der Waals surface area contributed by atoms with Crippen LogP contribution < -0.4 is 15.7 Å². The standard InChI is InChI=1S/C26H23Cl2F4N3O4/c27-20-6-3-17(26(30,31)32)13-21(20)33-23-19(14-35(39-12-11-36)25(38)22(23)28)24(37)34-9-7-16(8-10-34)15-1-4-18(29)5-2-15/h1-6,13-14,16,33,36H,7-12H2. The number of halogens is 6. The van der Waals surface area contributed by atoms with E-state index in [-0.39, 0.29) is 40.3 Å². The largest absolute Gasteiger partial charge is 0.416 e. The molecule has 2 N–H and O–H groups in total. The number of aromatic nitrogens is 1. The van der Waals surface area contributed by atoms with Crippen LogP contribution in [0.4, 0.5) is 28.9 Å². The molecule has 2 aromatic carbocycles. The predicted molar refractivity (Wildman–Crippen MR) is 138 cm³/mol. The van der Waals surface area contributed by atoms with E-state index in [0.29, 0.717) is 30.7 Å². The van der Waals surface area contributed by atoms with Gasteiger partial charge in [0, 0.05) is 13.1 Å². The summed E-state index contributed by atoms with van der Waals surface area (Å²) >= 11 is 12.4. The zero-order valence-corrected chi connectivity index (χ0v) is 21.8. The summed E-state index contributed by atoms with van der Waals surface area (Å²) < 4.78 is 53.9. The highest BCUT2D eigenvalue weighted by Crippen LogP contribution is 2.37. The van der Waals surface area contributed by atoms with Gasteiger partial charge in [-0.05, 0) is 54.7 Å². The first-order chi connectivity index (χ1) is 18.5. The topological polar surface area (TPSA) is 83.8 Å². The Morgan fingerprint density at radius 3 is 2.38 bits per heavy atom. The van der Waals surface area contributed by atoms with Crippen LogP contribution in [0.3, 0.4) is 0 Å². The number of piperidine rings is 1. The Labute approximate surface area is 230 Å². The third-order valence-electron chi connectivity index (χ3n) is 6.35. The molecule has 208 valence electrons. The number of hydrogen-bond donors (Lipinski definition) is 2. The van der Waals surface area contributed by atoms with Crippen LogP contribution in [0.15, 0.2) is 53.5 Å². The lowest BCUT2D eigenvalue weighted by Gasteiger charge is -2.33. The zero-order chi connectivity index (χ0) is 28.3. The number of aliphatic hydroxyl groups excluding tert-OH is 1. The molecule has 7 nitrogen and oxygen atoms in total. The summed E-state index contributed by atoms with van der Waals surface area (Å²) in [6, 6.07) is 8.73. The second kappa shape index (κ2) is 11.8. The molecule has 0 atom stereocenters. The molecular formula is C26H23Cl2F4N3O4. The number of hydrogen-bond acceptors (Lipinski definition) is 5. The Bertz CT molecular complexity index is 1410. The van der Waals surface area contributed by atoms with E-state index in [9.17, 15) is 27.2 Å². The van der Waals surface area contributed by atoms with E-state index in [1.807, 2.05) is 0 Å². The monoisotopic (exact) mass is 587 g/mol. The number of likely N-dealkylation sites (tertiary alicyclic amines) is 1. The van der Waals surface area contributed by atoms with Crippen LogP contribution in [0, 0.1) is 5.82 Å². The van der Waals surface area contributed by atoms with Crippen LogP contribution in [0.1, 0.15) is 40.2 Å². The number of anilines is 2. The summed E-state index contributed by atoms with van der Waals surface area (Å²) in [4.78, 5) is 33.1. The molecule has 1 amide bonds. The highest BCUT2D eigenvalue weighted by atomic mass is 35.5. The predicted octanol–water partition coefficient (Wildman–Crippen LogP) is 5.50. The minimum absolute atomic E-state index is 0.0987. The number of nitrogens with zero attached hydrogens (tertiary/aromatic N) is 2. The van der Waals surface area contributed by atoms with Crippen LogP contribution in [0.5, 0.6) is 0 Å². The molecule has 0 aliphatic carbocycles. The van der Waals surface area contributed by atoms with Crippen LogP contribution in [0.25, 0.3) is 0 Å². The van der Waals surface area contributed by atoms with Gasteiger partial charge in [-0.2, -0.15) is 17.9 Å². The van der Waals surface area contributed by atoms with Crippen molar-refractivity contribution in [1.82, 2.24) is 9.63 Å². The number of benzene rings is 2. The first-order valence-corrected chi connectivity index (χ1v) is 12.6. The third kappa shape index (κ3) is 6.48. The SMILES string of the molecule is O=C(c1cn(OCCO)c(=O)c(Cl)c1Nc1cc(C(F)(F)F)ccc1Cl)N1CCC(c2ccc(F)cc2)CC1. The molecule has 4 rings (SSSR count). The lowest BCUT2D eigenvalue weighted by Crippen LogP contribution is -2.39. The second-order valence-electron chi connectivity index (χ2n) is 8.85. The number of carbonyl (C=O) groups is 1. The Morgan fingerprint density at radius 1 is 1.10 bits per heavy atom. The maximum Gasteiger partial charge on any atom is 0.416 e. The van der Waals surface area contributed by atoms with Gasteiger partial charge in [0.25, 0.3) is 5.91 Å². The van der Waals surface area contributed by atoms with Crippen LogP contribution in [0.2, 0.25) is 10.0 Å². The van der Waals surface area contributed by atoms with Crippen LogP contribution in [-0.2, 0) is 6.18 Å². The summed E-state index contributed by atoms with van der Waals surface area (Å²) in [5, 5.41) is 11.1. The van der Waals surface area contributed by atoms with E-state index in [1.165, 1.54) is 17.0 Å². The molecule has 1 aliphatic rings. The Hall–Kier alpha value is -3.28. The molecule has 3 aromatic rings. The second-order valence-corrected chi connectivity index (χ2v) is 9.64. The fourth-order valence-electron chi connectivity index (χ4n) is 4.34. The van der Waals surface area contributed by atoms with E-state index in [0.717, 1.165) is 30.0 Å². The van der Waals surface area contributed by atoms with E-state index in [1.54, 1.807) is 12.1 Å². The first-order valence-electron chi connectivity index (χ1n) is 11.9. The van der Waals surface area contributed by atoms with Gasteiger partial charge in [-0.1, -0.05) is 35.3 Å². The minimum atomic E-state index is -4.67. The van der Waals surface area contributed by atoms with E-state index in [2.05, 4.69) is 5.32 Å². The van der Waals surface area contributed by atoms with Crippen LogP contribution in [-0.4, -0.2) is 46.9 Å². The van der Waals surface area contributed by atoms with Gasteiger partial charge in [0.05, 0.1) is 40.3 Å². The van der Waals surface area contributed by atoms with Crippen molar-refractivity contribution in [3.8, 4) is 0 Å². The van der Waals surface area contributed by atoms with Crippen molar-refractivity contribution < 1.29 is 32.3 Å². The molecule has 1 aliphatic heterocycles. The molecule has 0 radical (unpaired) electrons. The first kappa shape index (κ1) is 28.7. The van der Waals surface area contributed by atoms with Crippen molar-refractivity contribution in [2.45, 2.75) is 24.9 Å². The van der Waals surface area contributed by atoms with E-state index in [4.69, 9.17) is 33.1 Å². The molecule has 39 heavy (non-hydrogen) atoms. The van der Waals surface area contributed by atoms with Gasteiger partial charge in [-0.3, -0.25) is 9.59 Å². The smallest absolute Gasteiger partial charge is 0.408 e. The minimum Gasteiger partial charge on any atom is -0.408 e.